The van der Waals surface area contributed by atoms with Crippen LogP contribution >= 0.6 is 11.3 Å². The quantitative estimate of drug-likeness (QED) is 0.881. The number of anilines is 1. The van der Waals surface area contributed by atoms with Gasteiger partial charge in [-0.05, 0) is 35.7 Å². The smallest absolute Gasteiger partial charge is 0.293 e. The molecule has 0 radical (unpaired) electrons. The molecule has 0 bridgehead atoms. The van der Waals surface area contributed by atoms with E-state index in [0.29, 0.717) is 12.4 Å². The van der Waals surface area contributed by atoms with Gasteiger partial charge in [0, 0.05) is 25.5 Å². The lowest BCUT2D eigenvalue weighted by Crippen LogP contribution is -2.24. The summed E-state index contributed by atoms with van der Waals surface area (Å²) in [5.74, 6) is 0.435. The molecule has 90 valence electrons. The van der Waals surface area contributed by atoms with Gasteiger partial charge in [-0.25, -0.2) is 4.98 Å². The largest absolute Gasteiger partial charge is 0.365 e. The maximum Gasteiger partial charge on any atom is 0.293 e. The minimum Gasteiger partial charge on any atom is -0.365 e. The Morgan fingerprint density at radius 1 is 1.53 bits per heavy atom. The van der Waals surface area contributed by atoms with E-state index >= 15 is 0 Å². The highest BCUT2D eigenvalue weighted by Crippen LogP contribution is 2.06. The van der Waals surface area contributed by atoms with Crippen LogP contribution in [0.15, 0.2) is 34.0 Å². The molecule has 0 spiro atoms. The van der Waals surface area contributed by atoms with Crippen molar-refractivity contribution in [3.05, 3.63) is 45.1 Å². The second kappa shape index (κ2) is 5.63. The molecule has 0 aliphatic carbocycles. The van der Waals surface area contributed by atoms with Gasteiger partial charge in [0.15, 0.2) is 5.82 Å². The molecule has 2 aromatic heterocycles. The van der Waals surface area contributed by atoms with Crippen molar-refractivity contribution in [3.63, 3.8) is 0 Å². The average Bonchev–Trinajstić information content (AvgIpc) is 2.84. The Morgan fingerprint density at radius 3 is 3.12 bits per heavy atom. The number of hydrogen-bond acceptors (Lipinski definition) is 4. The molecule has 0 fully saturated rings. The third-order valence-electron chi connectivity index (χ3n) is 2.54. The first-order chi connectivity index (χ1) is 8.31. The molecule has 0 aliphatic heterocycles. The van der Waals surface area contributed by atoms with Crippen LogP contribution in [0, 0.1) is 0 Å². The molecule has 0 atom stereocenters. The van der Waals surface area contributed by atoms with Gasteiger partial charge in [0.25, 0.3) is 5.56 Å². The normalized spacial score (nSPS) is 10.4. The minimum atomic E-state index is -0.0553. The highest BCUT2D eigenvalue weighted by molar-refractivity contribution is 7.07. The third-order valence-corrected chi connectivity index (χ3v) is 3.27. The number of nitrogens with one attached hydrogen (secondary N) is 1. The predicted molar refractivity (Wildman–Crippen MR) is 70.7 cm³/mol. The fourth-order valence-corrected chi connectivity index (χ4v) is 2.28. The maximum atomic E-state index is 11.8. The van der Waals surface area contributed by atoms with Crippen LogP contribution in [0.25, 0.3) is 0 Å². The number of rotatable bonds is 5. The summed E-state index contributed by atoms with van der Waals surface area (Å²) in [4.78, 5) is 15.9. The van der Waals surface area contributed by atoms with Crippen molar-refractivity contribution in [3.8, 4) is 0 Å². The summed E-state index contributed by atoms with van der Waals surface area (Å²) in [6.45, 7) is 3.34. The molecule has 0 aromatic carbocycles. The Morgan fingerprint density at radius 2 is 2.41 bits per heavy atom. The lowest BCUT2D eigenvalue weighted by atomic mass is 10.2. The summed E-state index contributed by atoms with van der Waals surface area (Å²) in [6, 6.07) is 2.09. The van der Waals surface area contributed by atoms with Crippen LogP contribution in [0.3, 0.4) is 0 Å². The third kappa shape index (κ3) is 2.94. The summed E-state index contributed by atoms with van der Waals surface area (Å²) in [7, 11) is 0. The molecular formula is C12H15N3OS. The van der Waals surface area contributed by atoms with Crippen LogP contribution in [0.1, 0.15) is 12.5 Å². The van der Waals surface area contributed by atoms with Crippen molar-refractivity contribution in [2.45, 2.75) is 19.9 Å². The fraction of sp³-hybridized carbons (Fsp3) is 0.333. The fourth-order valence-electron chi connectivity index (χ4n) is 1.58. The second-order valence-corrected chi connectivity index (χ2v) is 4.46. The molecule has 2 heterocycles. The summed E-state index contributed by atoms with van der Waals surface area (Å²) < 4.78 is 1.64. The van der Waals surface area contributed by atoms with E-state index < -0.39 is 0 Å². The van der Waals surface area contributed by atoms with Crippen LogP contribution in [-0.4, -0.2) is 16.1 Å². The summed E-state index contributed by atoms with van der Waals surface area (Å²) in [5, 5.41) is 7.26. The Balaban J connectivity index is 1.97. The van der Waals surface area contributed by atoms with Crippen LogP contribution in [0.4, 0.5) is 5.82 Å². The van der Waals surface area contributed by atoms with E-state index in [1.807, 2.05) is 6.92 Å². The molecule has 0 aliphatic rings. The molecule has 17 heavy (non-hydrogen) atoms. The van der Waals surface area contributed by atoms with Crippen LogP contribution in [0.5, 0.6) is 0 Å². The predicted octanol–water partition coefficient (Wildman–Crippen LogP) is 1.98. The summed E-state index contributed by atoms with van der Waals surface area (Å²) in [6.07, 6.45) is 4.26. The molecule has 5 heteroatoms. The average molecular weight is 249 g/mol. The molecule has 2 rings (SSSR count). The van der Waals surface area contributed by atoms with Gasteiger partial charge in [-0.15, -0.1) is 0 Å². The molecule has 0 saturated heterocycles. The number of thiophene rings is 1. The standard InChI is InChI=1S/C12H15N3OS/c1-2-15-7-6-14-11(12(15)16)13-5-3-10-4-8-17-9-10/h4,6-9H,2-3,5H2,1H3,(H,13,14). The SMILES string of the molecule is CCn1ccnc(NCCc2ccsc2)c1=O. The molecule has 0 unspecified atom stereocenters. The van der Waals surface area contributed by atoms with Gasteiger partial charge >= 0.3 is 0 Å². The van der Waals surface area contributed by atoms with Gasteiger partial charge in [0.1, 0.15) is 0 Å². The minimum absolute atomic E-state index is 0.0553. The van der Waals surface area contributed by atoms with E-state index in [0.717, 1.165) is 13.0 Å². The molecule has 4 nitrogen and oxygen atoms in total. The topological polar surface area (TPSA) is 46.9 Å². The van der Waals surface area contributed by atoms with Crippen molar-refractivity contribution >= 4 is 17.2 Å². The van der Waals surface area contributed by atoms with E-state index in [1.54, 1.807) is 28.3 Å². The number of aromatic nitrogens is 2. The monoisotopic (exact) mass is 249 g/mol. The molecular weight excluding hydrogens is 234 g/mol. The summed E-state index contributed by atoms with van der Waals surface area (Å²) in [5.41, 5.74) is 1.23. The Hall–Kier alpha value is -1.62. The number of nitrogens with zero attached hydrogens (tertiary/aromatic N) is 2. The van der Waals surface area contributed by atoms with E-state index in [1.165, 1.54) is 5.56 Å². The van der Waals surface area contributed by atoms with E-state index in [4.69, 9.17) is 0 Å². The molecule has 0 saturated carbocycles. The first-order valence-electron chi connectivity index (χ1n) is 5.61. The van der Waals surface area contributed by atoms with Crippen molar-refractivity contribution in [1.29, 1.82) is 0 Å². The lowest BCUT2D eigenvalue weighted by molar-refractivity contribution is 0.718. The van der Waals surface area contributed by atoms with Gasteiger partial charge in [-0.1, -0.05) is 0 Å². The van der Waals surface area contributed by atoms with Gasteiger partial charge in [0.2, 0.25) is 0 Å². The van der Waals surface area contributed by atoms with Gasteiger partial charge in [-0.3, -0.25) is 4.79 Å². The van der Waals surface area contributed by atoms with Gasteiger partial charge in [0.05, 0.1) is 0 Å². The zero-order valence-electron chi connectivity index (χ0n) is 9.72. The van der Waals surface area contributed by atoms with Crippen molar-refractivity contribution in [1.82, 2.24) is 9.55 Å². The van der Waals surface area contributed by atoms with E-state index in [-0.39, 0.29) is 5.56 Å². The molecule has 1 N–H and O–H groups in total. The lowest BCUT2D eigenvalue weighted by Gasteiger charge is -2.06. The zero-order valence-corrected chi connectivity index (χ0v) is 10.5. The van der Waals surface area contributed by atoms with Crippen molar-refractivity contribution < 1.29 is 0 Å². The van der Waals surface area contributed by atoms with Gasteiger partial charge in [-0.2, -0.15) is 11.3 Å². The highest BCUT2D eigenvalue weighted by atomic mass is 32.1. The van der Waals surface area contributed by atoms with Crippen LogP contribution in [-0.2, 0) is 13.0 Å². The Bertz CT molecular complexity index is 519. The number of hydrogen-bond donors (Lipinski definition) is 1. The summed E-state index contributed by atoms with van der Waals surface area (Å²) >= 11 is 1.69. The highest BCUT2D eigenvalue weighted by Gasteiger charge is 2.02. The Labute approximate surface area is 104 Å². The Kier molecular flexibility index (Phi) is 3.93. The van der Waals surface area contributed by atoms with Crippen LogP contribution < -0.4 is 10.9 Å². The molecule has 0 amide bonds. The molecule has 2 aromatic rings. The van der Waals surface area contributed by atoms with Gasteiger partial charge < -0.3 is 9.88 Å². The second-order valence-electron chi connectivity index (χ2n) is 3.68. The first kappa shape index (κ1) is 11.9. The van der Waals surface area contributed by atoms with E-state index in [2.05, 4.69) is 27.1 Å². The zero-order chi connectivity index (χ0) is 12.1. The van der Waals surface area contributed by atoms with Crippen LogP contribution in [0.2, 0.25) is 0 Å². The maximum absolute atomic E-state index is 11.8. The van der Waals surface area contributed by atoms with Crippen molar-refractivity contribution in [2.24, 2.45) is 0 Å². The van der Waals surface area contributed by atoms with Crippen molar-refractivity contribution in [2.75, 3.05) is 11.9 Å². The first-order valence-corrected chi connectivity index (χ1v) is 6.56. The number of aryl methyl sites for hydroxylation is 1. The van der Waals surface area contributed by atoms with E-state index in [9.17, 15) is 4.79 Å².